The Kier molecular flexibility index (Phi) is 8.29. The van der Waals surface area contributed by atoms with Crippen molar-refractivity contribution in [2.75, 3.05) is 33.9 Å². The Labute approximate surface area is 170 Å². The first-order valence-corrected chi connectivity index (χ1v) is 8.81. The number of hydrogen-bond acceptors (Lipinski definition) is 5. The van der Waals surface area contributed by atoms with E-state index in [1.54, 1.807) is 19.2 Å². The van der Waals surface area contributed by atoms with E-state index in [0.29, 0.717) is 12.3 Å². The fourth-order valence-electron chi connectivity index (χ4n) is 3.43. The van der Waals surface area contributed by atoms with E-state index in [9.17, 15) is 8.78 Å². The van der Waals surface area contributed by atoms with Crippen LogP contribution in [0.4, 0.5) is 8.78 Å². The highest BCUT2D eigenvalue weighted by atomic mass is 35.5. The van der Waals surface area contributed by atoms with Gasteiger partial charge in [0.2, 0.25) is 0 Å². The summed E-state index contributed by atoms with van der Waals surface area (Å²) in [5, 5.41) is 3.42. The number of para-hydroxylation sites is 1. The first kappa shape index (κ1) is 22.2. The molecule has 5 nitrogen and oxygen atoms in total. The summed E-state index contributed by atoms with van der Waals surface area (Å²) in [4.78, 5) is 2.31. The number of alkyl halides is 2. The Morgan fingerprint density at radius 1 is 1.07 bits per heavy atom. The SMILES string of the molecule is COc1ccc(CN2CCNCC2c2ccccc2OC)cc1OC(F)F.Cl. The Bertz CT molecular complexity index is 764. The van der Waals surface area contributed by atoms with Crippen LogP contribution in [0.25, 0.3) is 0 Å². The molecule has 0 aliphatic carbocycles. The number of methoxy groups -OCH3 is 2. The zero-order valence-electron chi connectivity index (χ0n) is 15.9. The highest BCUT2D eigenvalue weighted by molar-refractivity contribution is 5.85. The van der Waals surface area contributed by atoms with Crippen LogP contribution in [0, 0.1) is 0 Å². The topological polar surface area (TPSA) is 43.0 Å². The summed E-state index contributed by atoms with van der Waals surface area (Å²) in [6, 6.07) is 13.2. The molecule has 0 spiro atoms. The molecule has 1 aliphatic rings. The molecular weight excluding hydrogens is 390 g/mol. The van der Waals surface area contributed by atoms with Crippen molar-refractivity contribution in [1.82, 2.24) is 10.2 Å². The Morgan fingerprint density at radius 3 is 2.54 bits per heavy atom. The van der Waals surface area contributed by atoms with Crippen molar-refractivity contribution in [2.24, 2.45) is 0 Å². The van der Waals surface area contributed by atoms with Gasteiger partial charge in [-0.15, -0.1) is 12.4 Å². The molecule has 0 radical (unpaired) electrons. The maximum absolute atomic E-state index is 12.7. The number of benzene rings is 2. The normalized spacial score (nSPS) is 17.1. The molecule has 1 saturated heterocycles. The molecule has 1 fully saturated rings. The van der Waals surface area contributed by atoms with Crippen LogP contribution in [0.1, 0.15) is 17.2 Å². The number of ether oxygens (including phenoxy) is 3. The highest BCUT2D eigenvalue weighted by Gasteiger charge is 2.26. The smallest absolute Gasteiger partial charge is 0.387 e. The molecule has 0 amide bonds. The molecular formula is C20H25ClF2N2O3. The van der Waals surface area contributed by atoms with E-state index in [-0.39, 0.29) is 24.2 Å². The third kappa shape index (κ3) is 5.25. The second-order valence-electron chi connectivity index (χ2n) is 6.30. The Morgan fingerprint density at radius 2 is 1.82 bits per heavy atom. The van der Waals surface area contributed by atoms with E-state index in [1.165, 1.54) is 7.11 Å². The summed E-state index contributed by atoms with van der Waals surface area (Å²) in [6.07, 6.45) is 0. The average Bonchev–Trinajstić information content (AvgIpc) is 2.68. The zero-order valence-corrected chi connectivity index (χ0v) is 16.7. The molecule has 0 saturated carbocycles. The number of hydrogen-bond donors (Lipinski definition) is 1. The number of piperazine rings is 1. The molecule has 3 rings (SSSR count). The summed E-state index contributed by atoms with van der Waals surface area (Å²) in [5.41, 5.74) is 1.98. The van der Waals surface area contributed by atoms with Crippen molar-refractivity contribution in [3.8, 4) is 17.2 Å². The number of halogens is 3. The van der Waals surface area contributed by atoms with Crippen LogP contribution in [-0.2, 0) is 6.54 Å². The maximum Gasteiger partial charge on any atom is 0.387 e. The summed E-state index contributed by atoms with van der Waals surface area (Å²) in [5.74, 6) is 1.18. The molecule has 1 heterocycles. The lowest BCUT2D eigenvalue weighted by Gasteiger charge is -2.37. The summed E-state index contributed by atoms with van der Waals surface area (Å²) >= 11 is 0. The van der Waals surface area contributed by atoms with Gasteiger partial charge in [0.1, 0.15) is 5.75 Å². The third-order valence-electron chi connectivity index (χ3n) is 4.68. The number of nitrogens with one attached hydrogen (secondary N) is 1. The van der Waals surface area contributed by atoms with E-state index in [1.807, 2.05) is 24.3 Å². The third-order valence-corrected chi connectivity index (χ3v) is 4.68. The zero-order chi connectivity index (χ0) is 19.2. The van der Waals surface area contributed by atoms with Gasteiger partial charge in [-0.25, -0.2) is 0 Å². The highest BCUT2D eigenvalue weighted by Crippen LogP contribution is 2.33. The van der Waals surface area contributed by atoms with Gasteiger partial charge >= 0.3 is 6.61 Å². The van der Waals surface area contributed by atoms with Gasteiger partial charge < -0.3 is 19.5 Å². The van der Waals surface area contributed by atoms with E-state index in [2.05, 4.69) is 21.0 Å². The van der Waals surface area contributed by atoms with Gasteiger partial charge in [0.25, 0.3) is 0 Å². The molecule has 0 bridgehead atoms. The predicted octanol–water partition coefficient (Wildman–Crippen LogP) is 3.87. The van der Waals surface area contributed by atoms with E-state index >= 15 is 0 Å². The second kappa shape index (κ2) is 10.5. The molecule has 154 valence electrons. The van der Waals surface area contributed by atoms with Gasteiger partial charge in [-0.1, -0.05) is 24.3 Å². The van der Waals surface area contributed by atoms with Crippen LogP contribution < -0.4 is 19.5 Å². The molecule has 1 atom stereocenters. The van der Waals surface area contributed by atoms with Gasteiger partial charge in [0.05, 0.1) is 20.3 Å². The minimum Gasteiger partial charge on any atom is -0.496 e. The summed E-state index contributed by atoms with van der Waals surface area (Å²) < 4.78 is 40.6. The fourth-order valence-corrected chi connectivity index (χ4v) is 3.43. The van der Waals surface area contributed by atoms with Gasteiger partial charge in [0, 0.05) is 31.7 Å². The molecule has 8 heteroatoms. The lowest BCUT2D eigenvalue weighted by molar-refractivity contribution is -0.0512. The van der Waals surface area contributed by atoms with Gasteiger partial charge in [0.15, 0.2) is 11.5 Å². The van der Waals surface area contributed by atoms with Crippen molar-refractivity contribution >= 4 is 12.4 Å². The molecule has 1 unspecified atom stereocenters. The Balaban J connectivity index is 0.00000280. The van der Waals surface area contributed by atoms with E-state index < -0.39 is 6.61 Å². The maximum atomic E-state index is 12.7. The van der Waals surface area contributed by atoms with Crippen LogP contribution in [0.5, 0.6) is 17.2 Å². The van der Waals surface area contributed by atoms with Crippen molar-refractivity contribution in [3.63, 3.8) is 0 Å². The van der Waals surface area contributed by atoms with Crippen molar-refractivity contribution in [3.05, 3.63) is 53.6 Å². The molecule has 2 aromatic carbocycles. The standard InChI is InChI=1S/C20H24F2N2O3.ClH/c1-25-17-6-4-3-5-15(17)16-12-23-9-10-24(16)13-14-7-8-18(26-2)19(11-14)27-20(21)22;/h3-8,11,16,20,23H,9-10,12-13H2,1-2H3;1H. The van der Waals surface area contributed by atoms with Crippen LogP contribution in [-0.4, -0.2) is 45.4 Å². The van der Waals surface area contributed by atoms with E-state index in [4.69, 9.17) is 9.47 Å². The predicted molar refractivity (Wildman–Crippen MR) is 106 cm³/mol. The minimum atomic E-state index is -2.89. The Hall–Kier alpha value is -2.09. The fraction of sp³-hybridized carbons (Fsp3) is 0.400. The molecule has 2 aromatic rings. The van der Waals surface area contributed by atoms with Crippen LogP contribution in [0.2, 0.25) is 0 Å². The van der Waals surface area contributed by atoms with Gasteiger partial charge in [-0.05, 0) is 23.8 Å². The number of rotatable bonds is 7. The van der Waals surface area contributed by atoms with Crippen molar-refractivity contribution in [1.29, 1.82) is 0 Å². The van der Waals surface area contributed by atoms with Crippen LogP contribution in [0.3, 0.4) is 0 Å². The van der Waals surface area contributed by atoms with Crippen molar-refractivity contribution < 1.29 is 23.0 Å². The lowest BCUT2D eigenvalue weighted by atomic mass is 10.0. The first-order valence-electron chi connectivity index (χ1n) is 8.81. The summed E-state index contributed by atoms with van der Waals surface area (Å²) in [6.45, 7) is 0.196. The molecule has 1 aliphatic heterocycles. The molecule has 1 N–H and O–H groups in total. The second-order valence-corrected chi connectivity index (χ2v) is 6.30. The van der Waals surface area contributed by atoms with Gasteiger partial charge in [-0.2, -0.15) is 8.78 Å². The quantitative estimate of drug-likeness (QED) is 0.745. The molecule has 0 aromatic heterocycles. The molecule has 28 heavy (non-hydrogen) atoms. The largest absolute Gasteiger partial charge is 0.496 e. The summed E-state index contributed by atoms with van der Waals surface area (Å²) in [7, 11) is 3.10. The van der Waals surface area contributed by atoms with Crippen LogP contribution >= 0.6 is 12.4 Å². The number of nitrogens with zero attached hydrogens (tertiary/aromatic N) is 1. The monoisotopic (exact) mass is 414 g/mol. The first-order chi connectivity index (χ1) is 13.1. The van der Waals surface area contributed by atoms with Crippen molar-refractivity contribution in [2.45, 2.75) is 19.2 Å². The van der Waals surface area contributed by atoms with Gasteiger partial charge in [-0.3, -0.25) is 4.90 Å². The minimum absolute atomic E-state index is 0. The van der Waals surface area contributed by atoms with E-state index in [0.717, 1.165) is 36.5 Å². The lowest BCUT2D eigenvalue weighted by Crippen LogP contribution is -2.45. The average molecular weight is 415 g/mol. The van der Waals surface area contributed by atoms with Crippen LogP contribution in [0.15, 0.2) is 42.5 Å².